The maximum Gasteiger partial charge on any atom is 0.326 e. The Labute approximate surface area is 122 Å². The largest absolute Gasteiger partial charge is 0.481 e. The first-order chi connectivity index (χ1) is 9.95. The molecule has 0 saturated heterocycles. The van der Waals surface area contributed by atoms with E-state index in [9.17, 15) is 14.4 Å². The van der Waals surface area contributed by atoms with Gasteiger partial charge in [0.05, 0.1) is 0 Å². The van der Waals surface area contributed by atoms with Gasteiger partial charge in [-0.3, -0.25) is 4.79 Å². The summed E-state index contributed by atoms with van der Waals surface area (Å²) in [6.45, 7) is 0.316. The smallest absolute Gasteiger partial charge is 0.326 e. The number of urea groups is 1. The first kappa shape index (κ1) is 17.2. The van der Waals surface area contributed by atoms with Crippen LogP contribution in [0.25, 0.3) is 0 Å². The third-order valence-corrected chi connectivity index (χ3v) is 3.58. The van der Waals surface area contributed by atoms with E-state index in [1.165, 1.54) is 4.90 Å². The van der Waals surface area contributed by atoms with Crippen molar-refractivity contribution in [2.45, 2.75) is 50.6 Å². The van der Waals surface area contributed by atoms with Gasteiger partial charge in [0.1, 0.15) is 6.04 Å². The van der Waals surface area contributed by atoms with E-state index >= 15 is 0 Å². The number of aliphatic hydroxyl groups is 1. The lowest BCUT2D eigenvalue weighted by atomic mass is 9.91. The Hall–Kier alpha value is -1.83. The van der Waals surface area contributed by atoms with Crippen LogP contribution in [0.4, 0.5) is 4.79 Å². The Balaban J connectivity index is 2.58. The fraction of sp³-hybridized carbons (Fsp3) is 0.769. The lowest BCUT2D eigenvalue weighted by Gasteiger charge is -2.38. The standard InChI is InChI=1S/C13H22N2O6/c16-8-2-7-15(9-3-1-4-9)13(21)14-10(12(19)20)5-6-11(17)18/h9-10,16H,1-8H2,(H,14,21)(H,17,18)(H,19,20)/t10-/m0/s1. The Morgan fingerprint density at radius 2 is 1.90 bits per heavy atom. The van der Waals surface area contributed by atoms with Gasteiger partial charge in [0.2, 0.25) is 0 Å². The van der Waals surface area contributed by atoms with Crippen LogP contribution in [-0.2, 0) is 9.59 Å². The van der Waals surface area contributed by atoms with E-state index < -0.39 is 24.0 Å². The van der Waals surface area contributed by atoms with Gasteiger partial charge >= 0.3 is 18.0 Å². The predicted octanol–water partition coefficient (Wildman–Crippen LogP) is 0.251. The van der Waals surface area contributed by atoms with Crippen molar-refractivity contribution in [3.63, 3.8) is 0 Å². The molecular weight excluding hydrogens is 280 g/mol. The topological polar surface area (TPSA) is 127 Å². The summed E-state index contributed by atoms with van der Waals surface area (Å²) in [5.41, 5.74) is 0. The van der Waals surface area contributed by atoms with Crippen LogP contribution in [0.15, 0.2) is 0 Å². The fourth-order valence-corrected chi connectivity index (χ4v) is 2.15. The number of aliphatic hydroxyl groups excluding tert-OH is 1. The molecule has 1 aliphatic rings. The van der Waals surface area contributed by atoms with Crippen molar-refractivity contribution in [2.75, 3.05) is 13.2 Å². The molecule has 0 spiro atoms. The zero-order valence-electron chi connectivity index (χ0n) is 11.8. The molecule has 1 atom stereocenters. The number of carboxylic acid groups (broad SMARTS) is 2. The van der Waals surface area contributed by atoms with Gasteiger partial charge in [0.25, 0.3) is 0 Å². The lowest BCUT2D eigenvalue weighted by Crippen LogP contribution is -2.53. The number of aliphatic carboxylic acids is 2. The van der Waals surface area contributed by atoms with E-state index in [1.54, 1.807) is 0 Å². The van der Waals surface area contributed by atoms with E-state index in [1.807, 2.05) is 0 Å². The molecule has 8 nitrogen and oxygen atoms in total. The van der Waals surface area contributed by atoms with E-state index in [0.717, 1.165) is 19.3 Å². The quantitative estimate of drug-likeness (QED) is 0.483. The normalized spacial score (nSPS) is 15.9. The molecule has 1 rings (SSSR count). The minimum atomic E-state index is -1.25. The number of amides is 2. The van der Waals surface area contributed by atoms with Crippen LogP contribution in [0.2, 0.25) is 0 Å². The van der Waals surface area contributed by atoms with Gasteiger partial charge in [-0.1, -0.05) is 0 Å². The summed E-state index contributed by atoms with van der Waals surface area (Å²) in [7, 11) is 0. The summed E-state index contributed by atoms with van der Waals surface area (Å²) in [5, 5.41) is 28.9. The highest BCUT2D eigenvalue weighted by atomic mass is 16.4. The molecular formula is C13H22N2O6. The second-order valence-electron chi connectivity index (χ2n) is 5.13. The first-order valence-corrected chi connectivity index (χ1v) is 7.08. The van der Waals surface area contributed by atoms with Gasteiger partial charge in [0.15, 0.2) is 0 Å². The van der Waals surface area contributed by atoms with Crippen molar-refractivity contribution in [2.24, 2.45) is 0 Å². The number of hydrogen-bond acceptors (Lipinski definition) is 4. The van der Waals surface area contributed by atoms with Gasteiger partial charge < -0.3 is 25.5 Å². The zero-order valence-corrected chi connectivity index (χ0v) is 11.8. The van der Waals surface area contributed by atoms with Crippen molar-refractivity contribution in [1.29, 1.82) is 0 Å². The molecule has 0 aliphatic heterocycles. The Bertz CT molecular complexity index is 383. The van der Waals surface area contributed by atoms with Crippen molar-refractivity contribution in [1.82, 2.24) is 10.2 Å². The third kappa shape index (κ3) is 5.58. The molecule has 2 amide bonds. The second-order valence-corrected chi connectivity index (χ2v) is 5.13. The number of nitrogens with zero attached hydrogens (tertiary/aromatic N) is 1. The number of nitrogens with one attached hydrogen (secondary N) is 1. The molecule has 0 radical (unpaired) electrons. The summed E-state index contributed by atoms with van der Waals surface area (Å²) in [6.07, 6.45) is 2.70. The number of hydrogen-bond donors (Lipinski definition) is 4. The van der Waals surface area contributed by atoms with E-state index in [-0.39, 0.29) is 25.5 Å². The van der Waals surface area contributed by atoms with Gasteiger partial charge in [-0.25, -0.2) is 9.59 Å². The molecule has 0 unspecified atom stereocenters. The van der Waals surface area contributed by atoms with E-state index in [0.29, 0.717) is 13.0 Å². The zero-order chi connectivity index (χ0) is 15.8. The van der Waals surface area contributed by atoms with Crippen LogP contribution in [0.3, 0.4) is 0 Å². The van der Waals surface area contributed by atoms with Crippen molar-refractivity contribution in [3.8, 4) is 0 Å². The molecule has 0 aromatic heterocycles. The molecule has 0 bridgehead atoms. The SMILES string of the molecule is O=C(O)CC[C@H](NC(=O)N(CCCO)C1CCC1)C(=O)O. The fourth-order valence-electron chi connectivity index (χ4n) is 2.15. The van der Waals surface area contributed by atoms with Gasteiger partial charge in [-0.05, 0) is 32.1 Å². The van der Waals surface area contributed by atoms with Crippen LogP contribution in [0.5, 0.6) is 0 Å². The average Bonchev–Trinajstić information content (AvgIpc) is 2.36. The molecule has 120 valence electrons. The maximum absolute atomic E-state index is 12.2. The van der Waals surface area contributed by atoms with Gasteiger partial charge in [-0.15, -0.1) is 0 Å². The highest BCUT2D eigenvalue weighted by Crippen LogP contribution is 2.25. The van der Waals surface area contributed by atoms with Gasteiger partial charge in [0, 0.05) is 25.6 Å². The first-order valence-electron chi connectivity index (χ1n) is 7.08. The van der Waals surface area contributed by atoms with Crippen LogP contribution in [0.1, 0.15) is 38.5 Å². The molecule has 1 aliphatic carbocycles. The summed E-state index contributed by atoms with van der Waals surface area (Å²) >= 11 is 0. The third-order valence-electron chi connectivity index (χ3n) is 3.58. The monoisotopic (exact) mass is 302 g/mol. The second kappa shape index (κ2) is 8.46. The van der Waals surface area contributed by atoms with Gasteiger partial charge in [-0.2, -0.15) is 0 Å². The molecule has 0 aromatic carbocycles. The minimum absolute atomic E-state index is 0.0438. The summed E-state index contributed by atoms with van der Waals surface area (Å²) < 4.78 is 0. The molecule has 8 heteroatoms. The summed E-state index contributed by atoms with van der Waals surface area (Å²) in [6, 6.07) is -1.65. The molecule has 21 heavy (non-hydrogen) atoms. The van der Waals surface area contributed by atoms with Crippen molar-refractivity contribution >= 4 is 18.0 Å². The summed E-state index contributed by atoms with van der Waals surface area (Å²) in [5.74, 6) is -2.35. The van der Waals surface area contributed by atoms with Crippen LogP contribution in [0, 0.1) is 0 Å². The van der Waals surface area contributed by atoms with Crippen LogP contribution >= 0.6 is 0 Å². The molecule has 1 saturated carbocycles. The highest BCUT2D eigenvalue weighted by Gasteiger charge is 2.30. The number of rotatable bonds is 9. The summed E-state index contributed by atoms with van der Waals surface area (Å²) in [4.78, 5) is 35.3. The number of carbonyl (C=O) groups excluding carboxylic acids is 1. The lowest BCUT2D eigenvalue weighted by molar-refractivity contribution is -0.140. The van der Waals surface area contributed by atoms with Crippen LogP contribution < -0.4 is 5.32 Å². The highest BCUT2D eigenvalue weighted by molar-refractivity contribution is 5.83. The maximum atomic E-state index is 12.2. The molecule has 4 N–H and O–H groups in total. The molecule has 1 fully saturated rings. The van der Waals surface area contributed by atoms with E-state index in [2.05, 4.69) is 5.32 Å². The van der Waals surface area contributed by atoms with Crippen LogP contribution in [-0.4, -0.2) is 63.4 Å². The Morgan fingerprint density at radius 3 is 2.33 bits per heavy atom. The average molecular weight is 302 g/mol. The van der Waals surface area contributed by atoms with E-state index in [4.69, 9.17) is 15.3 Å². The van der Waals surface area contributed by atoms with Crippen molar-refractivity contribution in [3.05, 3.63) is 0 Å². The minimum Gasteiger partial charge on any atom is -0.481 e. The Morgan fingerprint density at radius 1 is 1.24 bits per heavy atom. The predicted molar refractivity (Wildman–Crippen MR) is 72.9 cm³/mol. The number of carboxylic acids is 2. The molecule has 0 heterocycles. The van der Waals surface area contributed by atoms with Crippen molar-refractivity contribution < 1.29 is 29.7 Å². The number of carbonyl (C=O) groups is 3. The Kier molecular flexibility index (Phi) is 6.93. The molecule has 0 aromatic rings.